The molecule has 0 bridgehead atoms. The van der Waals surface area contributed by atoms with Crippen molar-refractivity contribution in [2.24, 2.45) is 11.8 Å². The highest BCUT2D eigenvalue weighted by Crippen LogP contribution is 2.19. The third-order valence-corrected chi connectivity index (χ3v) is 2.74. The van der Waals surface area contributed by atoms with E-state index in [1.54, 1.807) is 0 Å². The molecule has 17 heavy (non-hydrogen) atoms. The van der Waals surface area contributed by atoms with Gasteiger partial charge in [0.05, 0.1) is 13.7 Å². The van der Waals surface area contributed by atoms with Crippen molar-refractivity contribution < 1.29 is 19.1 Å². The molecule has 0 radical (unpaired) electrons. The predicted octanol–water partition coefficient (Wildman–Crippen LogP) is 0.727. The summed E-state index contributed by atoms with van der Waals surface area (Å²) in [6, 6.07) is -0.275. The lowest BCUT2D eigenvalue weighted by Gasteiger charge is -2.10. The van der Waals surface area contributed by atoms with Gasteiger partial charge >= 0.3 is 11.9 Å². The highest BCUT2D eigenvalue weighted by molar-refractivity contribution is 5.76. The molecule has 2 atom stereocenters. The molecule has 0 aliphatic carbocycles. The van der Waals surface area contributed by atoms with E-state index in [0.29, 0.717) is 31.9 Å². The van der Waals surface area contributed by atoms with Crippen LogP contribution in [0.3, 0.4) is 0 Å². The average Bonchev–Trinajstić information content (AvgIpc) is 2.73. The van der Waals surface area contributed by atoms with Gasteiger partial charge in [-0.05, 0) is 24.8 Å². The molecule has 0 aromatic carbocycles. The number of carbonyl (C=O) groups is 2. The summed E-state index contributed by atoms with van der Waals surface area (Å²) in [5.41, 5.74) is 0. The van der Waals surface area contributed by atoms with E-state index in [4.69, 9.17) is 4.74 Å². The van der Waals surface area contributed by atoms with Crippen LogP contribution in [0.1, 0.15) is 26.7 Å². The second-order valence-corrected chi connectivity index (χ2v) is 4.87. The fraction of sp³-hybridized carbons (Fsp3) is 0.833. The first-order valence-electron chi connectivity index (χ1n) is 5.99. The topological polar surface area (TPSA) is 64.6 Å². The van der Waals surface area contributed by atoms with Crippen molar-refractivity contribution in [2.45, 2.75) is 32.7 Å². The number of ether oxygens (including phenoxy) is 2. The van der Waals surface area contributed by atoms with Crippen molar-refractivity contribution >= 4 is 11.9 Å². The van der Waals surface area contributed by atoms with E-state index in [1.165, 1.54) is 7.11 Å². The van der Waals surface area contributed by atoms with Gasteiger partial charge in [-0.2, -0.15) is 0 Å². The number of methoxy groups -OCH3 is 1. The van der Waals surface area contributed by atoms with Crippen molar-refractivity contribution in [1.29, 1.82) is 0 Å². The van der Waals surface area contributed by atoms with Gasteiger partial charge in [-0.25, -0.2) is 0 Å². The second kappa shape index (κ2) is 6.59. The molecule has 1 heterocycles. The van der Waals surface area contributed by atoms with Crippen LogP contribution in [0.25, 0.3) is 0 Å². The van der Waals surface area contributed by atoms with Crippen LogP contribution >= 0.6 is 0 Å². The Hall–Kier alpha value is -1.10. The Balaban J connectivity index is 2.25. The fourth-order valence-corrected chi connectivity index (χ4v) is 1.84. The number of hydrogen-bond acceptors (Lipinski definition) is 5. The van der Waals surface area contributed by atoms with Gasteiger partial charge in [-0.1, -0.05) is 13.8 Å². The predicted molar refractivity (Wildman–Crippen MR) is 62.3 cm³/mol. The molecule has 1 saturated heterocycles. The summed E-state index contributed by atoms with van der Waals surface area (Å²) in [6.07, 6.45) is 1.01. The molecule has 0 saturated carbocycles. The van der Waals surface area contributed by atoms with E-state index < -0.39 is 0 Å². The summed E-state index contributed by atoms with van der Waals surface area (Å²) in [5.74, 6) is 0.0706. The highest BCUT2D eigenvalue weighted by Gasteiger charge is 2.31. The van der Waals surface area contributed by atoms with Crippen molar-refractivity contribution in [3.05, 3.63) is 0 Å². The zero-order valence-electron chi connectivity index (χ0n) is 10.7. The smallest absolute Gasteiger partial charge is 0.322 e. The number of carbonyl (C=O) groups excluding carboxylic acids is 2. The normalized spacial score (nSPS) is 23.8. The van der Waals surface area contributed by atoms with Crippen LogP contribution in [-0.4, -0.2) is 38.2 Å². The monoisotopic (exact) mass is 243 g/mol. The van der Waals surface area contributed by atoms with Gasteiger partial charge in [0, 0.05) is 6.42 Å². The first-order chi connectivity index (χ1) is 8.02. The Morgan fingerprint density at radius 1 is 1.41 bits per heavy atom. The van der Waals surface area contributed by atoms with Crippen LogP contribution in [0.15, 0.2) is 0 Å². The van der Waals surface area contributed by atoms with Gasteiger partial charge in [0.25, 0.3) is 0 Å². The second-order valence-electron chi connectivity index (χ2n) is 4.87. The molecule has 1 fully saturated rings. The molecule has 0 spiro atoms. The fourth-order valence-electron chi connectivity index (χ4n) is 1.84. The molecule has 1 N–H and O–H groups in total. The average molecular weight is 243 g/mol. The number of nitrogens with one attached hydrogen (secondary N) is 1. The minimum atomic E-state index is -0.275. The van der Waals surface area contributed by atoms with Crippen LogP contribution in [-0.2, 0) is 19.1 Å². The SMILES string of the molecule is COC(=O)[C@@H]1C[C@H](CC(=O)OCC(C)C)CN1. The lowest BCUT2D eigenvalue weighted by molar-refractivity contribution is -0.146. The molecule has 5 heteroatoms. The van der Waals surface area contributed by atoms with E-state index in [2.05, 4.69) is 10.1 Å². The van der Waals surface area contributed by atoms with Crippen LogP contribution in [0.4, 0.5) is 0 Å². The number of hydrogen-bond donors (Lipinski definition) is 1. The molecule has 0 aromatic rings. The van der Waals surface area contributed by atoms with Crippen LogP contribution in [0.2, 0.25) is 0 Å². The summed E-state index contributed by atoms with van der Waals surface area (Å²) < 4.78 is 9.75. The first-order valence-corrected chi connectivity index (χ1v) is 5.99. The summed E-state index contributed by atoms with van der Waals surface area (Å²) in [5, 5.41) is 3.05. The standard InChI is InChI=1S/C12H21NO4/c1-8(2)7-17-11(14)5-9-4-10(13-6-9)12(15)16-3/h8-10,13H,4-7H2,1-3H3/t9-,10+/m1/s1. The molecule has 1 rings (SSSR count). The maximum atomic E-state index is 11.5. The van der Waals surface area contributed by atoms with Gasteiger partial charge < -0.3 is 14.8 Å². The van der Waals surface area contributed by atoms with Gasteiger partial charge in [0.15, 0.2) is 0 Å². The lowest BCUT2D eigenvalue weighted by atomic mass is 10.0. The van der Waals surface area contributed by atoms with Crippen molar-refractivity contribution in [2.75, 3.05) is 20.3 Å². The molecule has 0 unspecified atom stereocenters. The Bertz CT molecular complexity index is 278. The van der Waals surface area contributed by atoms with Gasteiger partial charge in [0.2, 0.25) is 0 Å². The molecular formula is C12H21NO4. The van der Waals surface area contributed by atoms with Crippen LogP contribution in [0, 0.1) is 11.8 Å². The minimum Gasteiger partial charge on any atom is -0.468 e. The van der Waals surface area contributed by atoms with Crippen LogP contribution in [0.5, 0.6) is 0 Å². The third-order valence-electron chi connectivity index (χ3n) is 2.74. The Kier molecular flexibility index (Phi) is 5.41. The van der Waals surface area contributed by atoms with Gasteiger partial charge in [-0.15, -0.1) is 0 Å². The molecule has 1 aliphatic heterocycles. The summed E-state index contributed by atoms with van der Waals surface area (Å²) in [4.78, 5) is 22.7. The molecule has 5 nitrogen and oxygen atoms in total. The number of rotatable bonds is 5. The third kappa shape index (κ3) is 4.73. The van der Waals surface area contributed by atoms with E-state index in [0.717, 1.165) is 0 Å². The Morgan fingerprint density at radius 3 is 2.71 bits per heavy atom. The Morgan fingerprint density at radius 2 is 2.12 bits per heavy atom. The van der Waals surface area contributed by atoms with E-state index in [1.807, 2.05) is 13.8 Å². The van der Waals surface area contributed by atoms with Gasteiger partial charge in [-0.3, -0.25) is 9.59 Å². The minimum absolute atomic E-state index is 0.166. The van der Waals surface area contributed by atoms with Crippen molar-refractivity contribution in [1.82, 2.24) is 5.32 Å². The summed E-state index contributed by atoms with van der Waals surface area (Å²) in [6.45, 7) is 5.12. The van der Waals surface area contributed by atoms with Crippen molar-refractivity contribution in [3.8, 4) is 0 Å². The van der Waals surface area contributed by atoms with Crippen molar-refractivity contribution in [3.63, 3.8) is 0 Å². The zero-order valence-corrected chi connectivity index (χ0v) is 10.7. The molecule has 98 valence electrons. The van der Waals surface area contributed by atoms with Crippen LogP contribution < -0.4 is 5.32 Å². The Labute approximate surface area is 102 Å². The molecule has 1 aliphatic rings. The highest BCUT2D eigenvalue weighted by atomic mass is 16.5. The summed E-state index contributed by atoms with van der Waals surface area (Å²) >= 11 is 0. The molecular weight excluding hydrogens is 222 g/mol. The largest absolute Gasteiger partial charge is 0.468 e. The first kappa shape index (κ1) is 14.0. The lowest BCUT2D eigenvalue weighted by Crippen LogP contribution is -2.31. The summed E-state index contributed by atoms with van der Waals surface area (Å²) in [7, 11) is 1.37. The number of esters is 2. The van der Waals surface area contributed by atoms with Gasteiger partial charge in [0.1, 0.15) is 6.04 Å². The maximum absolute atomic E-state index is 11.5. The zero-order chi connectivity index (χ0) is 12.8. The molecule has 0 aromatic heterocycles. The maximum Gasteiger partial charge on any atom is 0.322 e. The van der Waals surface area contributed by atoms with E-state index in [-0.39, 0.29) is 23.9 Å². The molecule has 0 amide bonds. The van der Waals surface area contributed by atoms with E-state index in [9.17, 15) is 9.59 Å². The van der Waals surface area contributed by atoms with E-state index >= 15 is 0 Å². The quantitative estimate of drug-likeness (QED) is 0.721.